The second kappa shape index (κ2) is 27.4. The van der Waals surface area contributed by atoms with Gasteiger partial charge in [0.1, 0.15) is 17.2 Å². The van der Waals surface area contributed by atoms with Gasteiger partial charge in [0.05, 0.1) is 50.0 Å². The third-order valence-electron chi connectivity index (χ3n) is 9.97. The van der Waals surface area contributed by atoms with Crippen molar-refractivity contribution in [2.75, 3.05) is 70.8 Å². The van der Waals surface area contributed by atoms with Crippen LogP contribution in [0.4, 0.5) is 28.0 Å². The molecule has 0 saturated carbocycles. The first-order chi connectivity index (χ1) is 34.8. The summed E-state index contributed by atoms with van der Waals surface area (Å²) in [5.74, 6) is -5.46. The Labute approximate surface area is 422 Å². The Morgan fingerprint density at radius 2 is 1.20 bits per heavy atom. The Bertz CT molecular complexity index is 2400. The number of aromatic hydroxyl groups is 1. The molecule has 1 saturated heterocycles. The first-order valence-corrected chi connectivity index (χ1v) is 26.2. The van der Waals surface area contributed by atoms with Gasteiger partial charge in [0, 0.05) is 43.9 Å². The van der Waals surface area contributed by atoms with Crippen molar-refractivity contribution in [1.29, 1.82) is 0 Å². The SMILES string of the molecule is CC(C)OC(=O)OCOP(=O)(CCCN1C(=O)c2c(O)c(=O)c(C(=O)NCc3ccc(F)cc3F)cn2N(CCP(=O)(OCOC(=O)OC(C)C)OCOC(=O)OC(C)C)C12CCOC2)OCOC(=O)OC(C)C. The fourth-order valence-electron chi connectivity index (χ4n) is 6.82. The number of hydrogen-bond acceptors (Lipinski definition) is 24. The van der Waals surface area contributed by atoms with Gasteiger partial charge in [0.2, 0.25) is 32.6 Å². The standard InChI is InChI=1S/C43H60F2N4O23P2/c1-26(2)69-39(54)61-22-65-73(58,66-23-62-40(55)70-27(3)4)16-9-13-47-38(53)34-36(51)35(50)32(37(52)46-19-30-10-11-31(44)18-33(30)45)20-48(34)49(43(47)12-15-60-21-43)14-17-74(59,67-24-63-41(56)71-28(5)6)68-25-64-42(57)72-29(7)8/h10-11,18,20,26-29,51H,9,12-17,19,21-25H2,1-8H3,(H,46,52). The molecule has 2 aromatic rings. The van der Waals surface area contributed by atoms with Crippen LogP contribution in [0.5, 0.6) is 5.75 Å². The van der Waals surface area contributed by atoms with E-state index in [9.17, 15) is 56.6 Å². The van der Waals surface area contributed by atoms with Crippen LogP contribution in [0.3, 0.4) is 0 Å². The van der Waals surface area contributed by atoms with E-state index in [0.29, 0.717) is 6.07 Å². The highest BCUT2D eigenvalue weighted by molar-refractivity contribution is 7.54. The van der Waals surface area contributed by atoms with E-state index < -0.39 is 175 Å². The number of hydrogen-bond donors (Lipinski definition) is 2. The number of amides is 2. The average Bonchev–Trinajstić information content (AvgIpc) is 3.77. The van der Waals surface area contributed by atoms with Gasteiger partial charge in [-0.15, -0.1) is 0 Å². The third-order valence-corrected chi connectivity index (χ3v) is 13.6. The van der Waals surface area contributed by atoms with Crippen LogP contribution in [0.25, 0.3) is 0 Å². The minimum Gasteiger partial charge on any atom is -0.502 e. The van der Waals surface area contributed by atoms with Gasteiger partial charge in [0.25, 0.3) is 11.8 Å². The molecule has 4 rings (SSSR count). The number of nitrogens with one attached hydrogen (secondary N) is 1. The van der Waals surface area contributed by atoms with Crippen LogP contribution in [0, 0.1) is 11.6 Å². The molecule has 1 aromatic heterocycles. The van der Waals surface area contributed by atoms with Crippen LogP contribution < -0.4 is 15.8 Å². The monoisotopic (exact) mass is 1100 g/mol. The van der Waals surface area contributed by atoms with Crippen LogP contribution in [0.2, 0.25) is 0 Å². The zero-order valence-electron chi connectivity index (χ0n) is 41.7. The highest BCUT2D eigenvalue weighted by Crippen LogP contribution is 2.50. The highest BCUT2D eigenvalue weighted by atomic mass is 31.2. The number of nitrogens with zero attached hydrogens (tertiary/aromatic N) is 3. The smallest absolute Gasteiger partial charge is 0.502 e. The second-order valence-electron chi connectivity index (χ2n) is 17.0. The molecule has 2 amide bonds. The maximum atomic E-state index is 14.8. The highest BCUT2D eigenvalue weighted by Gasteiger charge is 2.54. The number of aromatic nitrogens is 1. The Balaban J connectivity index is 1.76. The molecule has 74 heavy (non-hydrogen) atoms. The van der Waals surface area contributed by atoms with Crippen molar-refractivity contribution in [2.45, 2.75) is 105 Å². The van der Waals surface area contributed by atoms with Gasteiger partial charge >= 0.3 is 39.8 Å². The number of ether oxygens (including phenoxy) is 9. The first-order valence-electron chi connectivity index (χ1n) is 22.8. The molecule has 1 aromatic carbocycles. The largest absolute Gasteiger partial charge is 0.510 e. The number of benzene rings is 1. The predicted molar refractivity (Wildman–Crippen MR) is 246 cm³/mol. The second-order valence-corrected chi connectivity index (χ2v) is 21.3. The van der Waals surface area contributed by atoms with Gasteiger partial charge in [-0.3, -0.25) is 51.3 Å². The zero-order chi connectivity index (χ0) is 55.0. The molecule has 1 spiro atoms. The maximum absolute atomic E-state index is 14.8. The number of carbonyl (C=O) groups excluding carboxylic acids is 6. The van der Waals surface area contributed by atoms with Crippen LogP contribution in [-0.4, -0.2) is 147 Å². The molecule has 2 aliphatic rings. The molecule has 0 aliphatic carbocycles. The summed E-state index contributed by atoms with van der Waals surface area (Å²) in [5.41, 5.74) is -4.86. The quantitative estimate of drug-likeness (QED) is 0.0459. The van der Waals surface area contributed by atoms with Gasteiger partial charge in [-0.05, 0) is 67.9 Å². The number of carbonyl (C=O) groups is 6. The summed E-state index contributed by atoms with van der Waals surface area (Å²) >= 11 is 0. The van der Waals surface area contributed by atoms with E-state index in [1.807, 2.05) is 0 Å². The molecular weight excluding hydrogens is 1040 g/mol. The zero-order valence-corrected chi connectivity index (χ0v) is 43.5. The van der Waals surface area contributed by atoms with Crippen molar-refractivity contribution >= 4 is 51.6 Å². The third kappa shape index (κ3) is 17.5. The van der Waals surface area contributed by atoms with Crippen LogP contribution in [0.15, 0.2) is 29.2 Å². The van der Waals surface area contributed by atoms with Gasteiger partial charge in [-0.1, -0.05) is 6.07 Å². The van der Waals surface area contributed by atoms with E-state index in [-0.39, 0.29) is 31.6 Å². The minimum atomic E-state index is -4.66. The summed E-state index contributed by atoms with van der Waals surface area (Å²) < 4.78 is 124. The molecule has 0 bridgehead atoms. The van der Waals surface area contributed by atoms with E-state index in [4.69, 9.17) is 60.7 Å². The molecule has 1 atom stereocenters. The van der Waals surface area contributed by atoms with E-state index >= 15 is 0 Å². The molecule has 31 heteroatoms. The van der Waals surface area contributed by atoms with Crippen molar-refractivity contribution in [3.63, 3.8) is 0 Å². The fraction of sp³-hybridized carbons (Fsp3) is 0.605. The molecule has 27 nitrogen and oxygen atoms in total. The molecular formula is C43H60F2N4O23P2. The van der Waals surface area contributed by atoms with E-state index in [0.717, 1.165) is 27.9 Å². The number of rotatable bonds is 26. The van der Waals surface area contributed by atoms with Crippen LogP contribution in [0.1, 0.15) is 94.6 Å². The lowest BCUT2D eigenvalue weighted by Crippen LogP contribution is -2.71. The topological polar surface area (TPSA) is 317 Å². The van der Waals surface area contributed by atoms with Crippen molar-refractivity contribution in [3.8, 4) is 5.75 Å². The van der Waals surface area contributed by atoms with Crippen molar-refractivity contribution < 1.29 is 113 Å². The van der Waals surface area contributed by atoms with Gasteiger partial charge < -0.3 is 58.0 Å². The molecule has 1 unspecified atom stereocenters. The van der Waals surface area contributed by atoms with E-state index in [2.05, 4.69) is 5.32 Å². The van der Waals surface area contributed by atoms with Gasteiger partial charge in [-0.25, -0.2) is 28.0 Å². The Kier molecular flexibility index (Phi) is 22.4. The normalized spacial score (nSPS) is 15.6. The maximum Gasteiger partial charge on any atom is 0.510 e. The summed E-state index contributed by atoms with van der Waals surface area (Å²) in [7, 11) is -9.13. The van der Waals surface area contributed by atoms with Gasteiger partial charge in [0.15, 0.2) is 17.1 Å². The van der Waals surface area contributed by atoms with E-state index in [1.165, 1.54) is 60.4 Å². The van der Waals surface area contributed by atoms with Crippen LogP contribution in [-0.2, 0) is 76.4 Å². The summed E-state index contributed by atoms with van der Waals surface area (Å²) in [5, 5.41) is 15.2. The van der Waals surface area contributed by atoms with Crippen molar-refractivity contribution in [1.82, 2.24) is 14.9 Å². The lowest BCUT2D eigenvalue weighted by molar-refractivity contribution is -0.0330. The first kappa shape index (κ1) is 60.5. The molecule has 414 valence electrons. The summed E-state index contributed by atoms with van der Waals surface area (Å²) in [6.45, 7) is 6.14. The minimum absolute atomic E-state index is 0.0705. The lowest BCUT2D eigenvalue weighted by Gasteiger charge is -2.53. The molecule has 1 fully saturated rings. The Hall–Kier alpha value is -6.09. The fourth-order valence-corrected chi connectivity index (χ4v) is 9.30. The average molecular weight is 1100 g/mol. The predicted octanol–water partition coefficient (Wildman–Crippen LogP) is 6.19. The van der Waals surface area contributed by atoms with Gasteiger partial charge in [-0.2, -0.15) is 0 Å². The molecule has 2 aliphatic heterocycles. The molecule has 2 N–H and O–H groups in total. The number of pyridine rings is 1. The molecule has 3 heterocycles. The summed E-state index contributed by atoms with van der Waals surface area (Å²) in [4.78, 5) is 92.0. The number of fused-ring (bicyclic) bond motifs is 1. The summed E-state index contributed by atoms with van der Waals surface area (Å²) in [6.07, 6.45) is -8.19. The van der Waals surface area contributed by atoms with Crippen LogP contribution >= 0.6 is 15.2 Å². The molecule has 0 radical (unpaired) electrons. The lowest BCUT2D eigenvalue weighted by atomic mass is 10.0. The van der Waals surface area contributed by atoms with Crippen molar-refractivity contribution in [2.24, 2.45) is 0 Å². The summed E-state index contributed by atoms with van der Waals surface area (Å²) in [6, 6.07) is 2.55. The van der Waals surface area contributed by atoms with Crippen molar-refractivity contribution in [3.05, 3.63) is 63.1 Å². The Morgan fingerprint density at radius 3 is 1.64 bits per heavy atom. The number of halogens is 2. The van der Waals surface area contributed by atoms with E-state index in [1.54, 1.807) is 0 Å². The Morgan fingerprint density at radius 1 is 0.730 bits per heavy atom.